The van der Waals surface area contributed by atoms with E-state index >= 15 is 0 Å². The van der Waals surface area contributed by atoms with Crippen LogP contribution in [0.25, 0.3) is 0 Å². The molecule has 48 valence electrons. The first-order valence-electron chi connectivity index (χ1n) is 2.92. The molecule has 0 aromatic rings. The maximum atomic E-state index is 8.26. The molecule has 1 atom stereocenters. The Bertz CT molecular complexity index is 63.4. The summed E-state index contributed by atoms with van der Waals surface area (Å²) in [5, 5.41) is 8.93. The predicted molar refractivity (Wildman–Crippen MR) is 35.3 cm³/mol. The molecule has 0 amide bonds. The molecule has 1 fully saturated rings. The van der Waals surface area contributed by atoms with Gasteiger partial charge in [0, 0.05) is 11.8 Å². The second-order valence-corrected chi connectivity index (χ2v) is 3.41. The van der Waals surface area contributed by atoms with Crippen LogP contribution in [-0.4, -0.2) is 22.8 Å². The van der Waals surface area contributed by atoms with Gasteiger partial charge in [-0.1, -0.05) is 0 Å². The quantitative estimate of drug-likeness (QED) is 0.548. The normalized spacial score (nSPS) is 28.9. The van der Waals surface area contributed by atoms with E-state index < -0.39 is 0 Å². The van der Waals surface area contributed by atoms with Crippen LogP contribution in [0.4, 0.5) is 0 Å². The summed E-state index contributed by atoms with van der Waals surface area (Å²) in [6.45, 7) is 0.755. The summed E-state index contributed by atoms with van der Waals surface area (Å²) in [6, 6.07) is 0. The van der Waals surface area contributed by atoms with E-state index in [1.807, 2.05) is 11.8 Å². The first kappa shape index (κ1) is 6.39. The number of rotatable bonds is 2. The summed E-state index contributed by atoms with van der Waals surface area (Å²) in [5.74, 6) is 1.27. The maximum Gasteiger partial charge on any atom is 0.0326 e. The predicted octanol–water partition coefficient (Wildman–Crippen LogP) is 0.861. The van der Waals surface area contributed by atoms with E-state index in [1.165, 1.54) is 18.6 Å². The zero-order valence-electron chi connectivity index (χ0n) is 4.76. The number of thioether (sulfide) groups is 1. The zero-order valence-corrected chi connectivity index (χ0v) is 5.58. The Kier molecular flexibility index (Phi) is 2.66. The van der Waals surface area contributed by atoms with E-state index in [4.69, 9.17) is 5.21 Å². The van der Waals surface area contributed by atoms with Crippen LogP contribution < -0.4 is 5.48 Å². The molecule has 1 saturated heterocycles. The highest BCUT2D eigenvalue weighted by molar-refractivity contribution is 8.00. The monoisotopic (exact) mass is 133 g/mol. The van der Waals surface area contributed by atoms with Crippen LogP contribution in [-0.2, 0) is 0 Å². The fraction of sp³-hybridized carbons (Fsp3) is 1.00. The molecule has 0 aromatic carbocycles. The molecule has 0 aliphatic carbocycles. The highest BCUT2D eigenvalue weighted by Crippen LogP contribution is 2.24. The average Bonchev–Trinajstić information content (AvgIpc) is 2.19. The third-order valence-electron chi connectivity index (χ3n) is 1.34. The first-order valence-corrected chi connectivity index (χ1v) is 3.97. The molecular weight excluding hydrogens is 122 g/mol. The van der Waals surface area contributed by atoms with Gasteiger partial charge in [0.25, 0.3) is 0 Å². The largest absolute Gasteiger partial charge is 0.317 e. The van der Waals surface area contributed by atoms with Crippen molar-refractivity contribution in [3.8, 4) is 0 Å². The lowest BCUT2D eigenvalue weighted by Crippen LogP contribution is -2.18. The Morgan fingerprint density at radius 3 is 3.12 bits per heavy atom. The van der Waals surface area contributed by atoms with Crippen LogP contribution >= 0.6 is 11.8 Å². The molecule has 3 heteroatoms. The molecule has 1 rings (SSSR count). The molecule has 1 heterocycles. The molecule has 0 spiro atoms. The minimum absolute atomic E-state index is 0.667. The Balaban J connectivity index is 2.06. The Labute approximate surface area is 53.6 Å². The van der Waals surface area contributed by atoms with E-state index in [9.17, 15) is 0 Å². The van der Waals surface area contributed by atoms with Gasteiger partial charge in [-0.15, -0.1) is 0 Å². The fourth-order valence-corrected chi connectivity index (χ4v) is 2.10. The second-order valence-electron chi connectivity index (χ2n) is 2.00. The van der Waals surface area contributed by atoms with E-state index in [0.29, 0.717) is 5.25 Å². The number of hydrogen-bond acceptors (Lipinski definition) is 3. The molecule has 1 aliphatic rings. The third-order valence-corrected chi connectivity index (χ3v) is 2.74. The SMILES string of the molecule is ONCC1CCCS1. The summed E-state index contributed by atoms with van der Waals surface area (Å²) in [6.07, 6.45) is 2.58. The zero-order chi connectivity index (χ0) is 5.82. The van der Waals surface area contributed by atoms with E-state index in [-0.39, 0.29) is 0 Å². The van der Waals surface area contributed by atoms with Crippen LogP contribution in [0.5, 0.6) is 0 Å². The third kappa shape index (κ3) is 1.65. The minimum Gasteiger partial charge on any atom is -0.317 e. The Morgan fingerprint density at radius 2 is 2.62 bits per heavy atom. The Hall–Kier alpha value is 0.270. The molecule has 0 aromatic heterocycles. The second kappa shape index (κ2) is 3.33. The van der Waals surface area contributed by atoms with Crippen molar-refractivity contribution < 1.29 is 5.21 Å². The van der Waals surface area contributed by atoms with Crippen LogP contribution in [0.1, 0.15) is 12.8 Å². The lowest BCUT2D eigenvalue weighted by atomic mass is 10.2. The molecule has 1 aliphatic heterocycles. The van der Waals surface area contributed by atoms with Crippen molar-refractivity contribution in [3.63, 3.8) is 0 Å². The van der Waals surface area contributed by atoms with Gasteiger partial charge in [-0.2, -0.15) is 11.8 Å². The molecule has 8 heavy (non-hydrogen) atoms. The molecule has 0 radical (unpaired) electrons. The lowest BCUT2D eigenvalue weighted by molar-refractivity contribution is 0.167. The maximum absolute atomic E-state index is 8.26. The summed E-state index contributed by atoms with van der Waals surface area (Å²) < 4.78 is 0. The van der Waals surface area contributed by atoms with Gasteiger partial charge in [0.05, 0.1) is 0 Å². The summed E-state index contributed by atoms with van der Waals surface area (Å²) in [4.78, 5) is 0. The van der Waals surface area contributed by atoms with Crippen LogP contribution in [0.3, 0.4) is 0 Å². The number of hydroxylamine groups is 1. The van der Waals surface area contributed by atoms with Gasteiger partial charge < -0.3 is 5.21 Å². The average molecular weight is 133 g/mol. The Morgan fingerprint density at radius 1 is 1.75 bits per heavy atom. The summed E-state index contributed by atoms with van der Waals surface area (Å²) in [5.41, 5.74) is 2.19. The van der Waals surface area contributed by atoms with Gasteiger partial charge in [0.1, 0.15) is 0 Å². The van der Waals surface area contributed by atoms with Crippen molar-refractivity contribution in [2.24, 2.45) is 0 Å². The van der Waals surface area contributed by atoms with Crippen molar-refractivity contribution in [1.82, 2.24) is 5.48 Å². The van der Waals surface area contributed by atoms with Gasteiger partial charge in [-0.3, -0.25) is 0 Å². The van der Waals surface area contributed by atoms with Gasteiger partial charge >= 0.3 is 0 Å². The molecule has 2 N–H and O–H groups in total. The van der Waals surface area contributed by atoms with Gasteiger partial charge in [-0.05, 0) is 18.6 Å². The van der Waals surface area contributed by atoms with Crippen molar-refractivity contribution in [2.75, 3.05) is 12.3 Å². The van der Waals surface area contributed by atoms with E-state index in [1.54, 1.807) is 0 Å². The topological polar surface area (TPSA) is 32.3 Å². The summed E-state index contributed by atoms with van der Waals surface area (Å²) in [7, 11) is 0. The van der Waals surface area contributed by atoms with Crippen LogP contribution in [0, 0.1) is 0 Å². The van der Waals surface area contributed by atoms with Crippen molar-refractivity contribution >= 4 is 11.8 Å². The first-order chi connectivity index (χ1) is 3.93. The lowest BCUT2D eigenvalue weighted by Gasteiger charge is -2.03. The molecule has 2 nitrogen and oxygen atoms in total. The minimum atomic E-state index is 0.667. The van der Waals surface area contributed by atoms with Gasteiger partial charge in [0.15, 0.2) is 0 Å². The smallest absolute Gasteiger partial charge is 0.0326 e. The van der Waals surface area contributed by atoms with Gasteiger partial charge in [-0.25, -0.2) is 5.48 Å². The van der Waals surface area contributed by atoms with Crippen LogP contribution in [0.2, 0.25) is 0 Å². The standard InChI is InChI=1S/C5H11NOS/c7-6-4-5-2-1-3-8-5/h5-7H,1-4H2. The number of hydrogen-bond donors (Lipinski definition) is 2. The highest BCUT2D eigenvalue weighted by Gasteiger charge is 2.13. The highest BCUT2D eigenvalue weighted by atomic mass is 32.2. The molecule has 0 bridgehead atoms. The van der Waals surface area contributed by atoms with E-state index in [0.717, 1.165) is 6.54 Å². The van der Waals surface area contributed by atoms with Crippen molar-refractivity contribution in [1.29, 1.82) is 0 Å². The van der Waals surface area contributed by atoms with Gasteiger partial charge in [0.2, 0.25) is 0 Å². The van der Waals surface area contributed by atoms with Crippen LogP contribution in [0.15, 0.2) is 0 Å². The fourth-order valence-electron chi connectivity index (χ4n) is 0.907. The number of nitrogens with one attached hydrogen (secondary N) is 1. The molecule has 0 saturated carbocycles. The molecule has 1 unspecified atom stereocenters. The van der Waals surface area contributed by atoms with Crippen molar-refractivity contribution in [3.05, 3.63) is 0 Å². The van der Waals surface area contributed by atoms with Crippen molar-refractivity contribution in [2.45, 2.75) is 18.1 Å². The molecular formula is C5H11NOS. The summed E-state index contributed by atoms with van der Waals surface area (Å²) >= 11 is 1.94. The van der Waals surface area contributed by atoms with E-state index in [2.05, 4.69) is 5.48 Å².